The van der Waals surface area contributed by atoms with Gasteiger partial charge in [0.2, 0.25) is 0 Å². The van der Waals surface area contributed by atoms with Gasteiger partial charge in [0.25, 0.3) is 0 Å². The van der Waals surface area contributed by atoms with Crippen LogP contribution in [0.1, 0.15) is 41.0 Å². The molecule has 1 N–H and O–H groups in total. The maximum Gasteiger partial charge on any atom is 0.0769 e. The van der Waals surface area contributed by atoms with Crippen molar-refractivity contribution in [2.75, 3.05) is 13.1 Å². The molecular weight excluding hydrogens is 196 g/mol. The van der Waals surface area contributed by atoms with Gasteiger partial charge in [0, 0.05) is 25.2 Å². The Morgan fingerprint density at radius 2 is 2.12 bits per heavy atom. The van der Waals surface area contributed by atoms with Gasteiger partial charge < -0.3 is 5.32 Å². The van der Waals surface area contributed by atoms with Gasteiger partial charge >= 0.3 is 0 Å². The summed E-state index contributed by atoms with van der Waals surface area (Å²) in [5.41, 5.74) is -0.134. The standard InChI is InChI=1S/C14H26N2/c1-7-12-10-16(14(5,6)8-2)13(9-15-12)11(3)4/h2,11-13,15H,7,9-10H2,1,3-6H3. The second-order valence-corrected chi connectivity index (χ2v) is 5.68. The number of nitrogens with one attached hydrogen (secondary N) is 1. The molecule has 92 valence electrons. The molecule has 0 spiro atoms. The lowest BCUT2D eigenvalue weighted by Crippen LogP contribution is -2.63. The topological polar surface area (TPSA) is 15.3 Å². The molecular formula is C14H26N2. The second kappa shape index (κ2) is 5.21. The summed E-state index contributed by atoms with van der Waals surface area (Å²) in [4.78, 5) is 2.50. The van der Waals surface area contributed by atoms with E-state index in [2.05, 4.69) is 50.8 Å². The average molecular weight is 222 g/mol. The van der Waals surface area contributed by atoms with E-state index < -0.39 is 0 Å². The first-order valence-electron chi connectivity index (χ1n) is 6.40. The molecule has 1 rings (SSSR count). The van der Waals surface area contributed by atoms with Crippen molar-refractivity contribution >= 4 is 0 Å². The highest BCUT2D eigenvalue weighted by Crippen LogP contribution is 2.24. The minimum Gasteiger partial charge on any atom is -0.311 e. The smallest absolute Gasteiger partial charge is 0.0769 e. The quantitative estimate of drug-likeness (QED) is 0.736. The van der Waals surface area contributed by atoms with Crippen LogP contribution in [0.5, 0.6) is 0 Å². The van der Waals surface area contributed by atoms with Crippen molar-refractivity contribution in [3.05, 3.63) is 0 Å². The highest BCUT2D eigenvalue weighted by Gasteiger charge is 2.37. The third kappa shape index (κ3) is 2.78. The van der Waals surface area contributed by atoms with E-state index in [1.807, 2.05) is 0 Å². The molecule has 1 aliphatic heterocycles. The van der Waals surface area contributed by atoms with Crippen LogP contribution in [0.25, 0.3) is 0 Å². The molecule has 2 unspecified atom stereocenters. The van der Waals surface area contributed by atoms with Gasteiger partial charge in [-0.2, -0.15) is 0 Å². The Kier molecular flexibility index (Phi) is 4.41. The van der Waals surface area contributed by atoms with Gasteiger partial charge in [-0.3, -0.25) is 4.90 Å². The van der Waals surface area contributed by atoms with E-state index in [4.69, 9.17) is 6.42 Å². The molecule has 0 aromatic carbocycles. The fourth-order valence-corrected chi connectivity index (χ4v) is 2.43. The van der Waals surface area contributed by atoms with E-state index in [1.165, 1.54) is 6.42 Å². The summed E-state index contributed by atoms with van der Waals surface area (Å²) in [6.45, 7) is 13.2. The van der Waals surface area contributed by atoms with Gasteiger partial charge in [-0.25, -0.2) is 0 Å². The van der Waals surface area contributed by atoms with Gasteiger partial charge in [-0.15, -0.1) is 6.42 Å². The van der Waals surface area contributed by atoms with Crippen LogP contribution in [0.2, 0.25) is 0 Å². The maximum atomic E-state index is 5.67. The summed E-state index contributed by atoms with van der Waals surface area (Å²) in [5, 5.41) is 3.62. The van der Waals surface area contributed by atoms with Gasteiger partial charge in [0.15, 0.2) is 0 Å². The maximum absolute atomic E-state index is 5.67. The minimum absolute atomic E-state index is 0.134. The lowest BCUT2D eigenvalue weighted by molar-refractivity contribution is 0.0383. The lowest BCUT2D eigenvalue weighted by atomic mass is 9.91. The Balaban J connectivity index is 2.85. The zero-order valence-corrected chi connectivity index (χ0v) is 11.4. The molecule has 0 aromatic heterocycles. The number of hydrogen-bond donors (Lipinski definition) is 1. The van der Waals surface area contributed by atoms with Gasteiger partial charge in [-0.1, -0.05) is 26.7 Å². The summed E-state index contributed by atoms with van der Waals surface area (Å²) in [6.07, 6.45) is 6.84. The molecule has 2 nitrogen and oxygen atoms in total. The molecule has 1 fully saturated rings. The molecule has 1 saturated heterocycles. The van der Waals surface area contributed by atoms with Crippen molar-refractivity contribution in [3.63, 3.8) is 0 Å². The Morgan fingerprint density at radius 3 is 2.56 bits per heavy atom. The molecule has 0 radical (unpaired) electrons. The van der Waals surface area contributed by atoms with Crippen LogP contribution in [0.4, 0.5) is 0 Å². The van der Waals surface area contributed by atoms with E-state index in [0.29, 0.717) is 18.0 Å². The summed E-state index contributed by atoms with van der Waals surface area (Å²) in [7, 11) is 0. The second-order valence-electron chi connectivity index (χ2n) is 5.68. The summed E-state index contributed by atoms with van der Waals surface area (Å²) in [6, 6.07) is 1.14. The first-order valence-corrected chi connectivity index (χ1v) is 6.40. The Labute approximate surface area is 101 Å². The van der Waals surface area contributed by atoms with Crippen LogP contribution in [0, 0.1) is 18.3 Å². The molecule has 1 heterocycles. The van der Waals surface area contributed by atoms with Crippen LogP contribution < -0.4 is 5.32 Å². The Bertz CT molecular complexity index is 262. The monoisotopic (exact) mass is 222 g/mol. The molecule has 0 saturated carbocycles. The number of hydrogen-bond acceptors (Lipinski definition) is 2. The highest BCUT2D eigenvalue weighted by molar-refractivity contribution is 5.11. The third-order valence-electron chi connectivity index (χ3n) is 3.77. The lowest BCUT2D eigenvalue weighted by Gasteiger charge is -2.48. The van der Waals surface area contributed by atoms with E-state index >= 15 is 0 Å². The molecule has 2 atom stereocenters. The first-order chi connectivity index (χ1) is 7.42. The SMILES string of the molecule is C#CC(C)(C)N1CC(CC)NCC1C(C)C. The highest BCUT2D eigenvalue weighted by atomic mass is 15.3. The van der Waals surface area contributed by atoms with Gasteiger partial charge in [-0.05, 0) is 26.2 Å². The molecule has 0 aliphatic carbocycles. The van der Waals surface area contributed by atoms with Crippen molar-refractivity contribution in [1.29, 1.82) is 0 Å². The van der Waals surface area contributed by atoms with Crippen LogP contribution in [0.15, 0.2) is 0 Å². The largest absolute Gasteiger partial charge is 0.311 e. The number of nitrogens with zero attached hydrogens (tertiary/aromatic N) is 1. The fourth-order valence-electron chi connectivity index (χ4n) is 2.43. The summed E-state index contributed by atoms with van der Waals surface area (Å²) >= 11 is 0. The van der Waals surface area contributed by atoms with Crippen molar-refractivity contribution < 1.29 is 0 Å². The number of terminal acetylenes is 1. The predicted molar refractivity (Wildman–Crippen MR) is 70.3 cm³/mol. The van der Waals surface area contributed by atoms with Crippen molar-refractivity contribution in [3.8, 4) is 12.3 Å². The van der Waals surface area contributed by atoms with Crippen LogP contribution in [-0.4, -0.2) is 35.6 Å². The Morgan fingerprint density at radius 1 is 1.50 bits per heavy atom. The number of rotatable bonds is 3. The first kappa shape index (κ1) is 13.5. The summed E-state index contributed by atoms with van der Waals surface area (Å²) < 4.78 is 0. The third-order valence-corrected chi connectivity index (χ3v) is 3.77. The normalized spacial score (nSPS) is 28.1. The van der Waals surface area contributed by atoms with Crippen molar-refractivity contribution in [2.24, 2.45) is 5.92 Å². The van der Waals surface area contributed by atoms with E-state index in [-0.39, 0.29) is 5.54 Å². The molecule has 2 heteroatoms. The van der Waals surface area contributed by atoms with Crippen LogP contribution in [-0.2, 0) is 0 Å². The van der Waals surface area contributed by atoms with Gasteiger partial charge in [0.05, 0.1) is 5.54 Å². The molecule has 16 heavy (non-hydrogen) atoms. The molecule has 0 aromatic rings. The van der Waals surface area contributed by atoms with E-state index in [0.717, 1.165) is 13.1 Å². The van der Waals surface area contributed by atoms with E-state index in [9.17, 15) is 0 Å². The van der Waals surface area contributed by atoms with Crippen LogP contribution >= 0.6 is 0 Å². The fraction of sp³-hybridized carbons (Fsp3) is 0.857. The Hall–Kier alpha value is -0.520. The van der Waals surface area contributed by atoms with Gasteiger partial charge in [0.1, 0.15) is 0 Å². The van der Waals surface area contributed by atoms with Crippen LogP contribution in [0.3, 0.4) is 0 Å². The molecule has 0 bridgehead atoms. The predicted octanol–water partition coefficient (Wildman–Crippen LogP) is 2.11. The van der Waals surface area contributed by atoms with Crippen molar-refractivity contribution in [2.45, 2.75) is 58.7 Å². The zero-order chi connectivity index (χ0) is 12.3. The molecule has 0 amide bonds. The zero-order valence-electron chi connectivity index (χ0n) is 11.4. The molecule has 1 aliphatic rings. The average Bonchev–Trinajstić information content (AvgIpc) is 2.28. The van der Waals surface area contributed by atoms with E-state index in [1.54, 1.807) is 0 Å². The summed E-state index contributed by atoms with van der Waals surface area (Å²) in [5.74, 6) is 3.58. The van der Waals surface area contributed by atoms with Crippen molar-refractivity contribution in [1.82, 2.24) is 10.2 Å². The number of piperazine rings is 1. The minimum atomic E-state index is -0.134.